The van der Waals surface area contributed by atoms with Gasteiger partial charge in [0.05, 0.1) is 4.90 Å². The van der Waals surface area contributed by atoms with Gasteiger partial charge in [-0.05, 0) is 42.5 Å². The zero-order chi connectivity index (χ0) is 15.6. The van der Waals surface area contributed by atoms with Gasteiger partial charge in [-0.15, -0.1) is 11.3 Å². The van der Waals surface area contributed by atoms with Crippen molar-refractivity contribution in [2.24, 2.45) is 0 Å². The van der Waals surface area contributed by atoms with Crippen LogP contribution in [0.1, 0.15) is 22.9 Å². The molecule has 0 aliphatic rings. The van der Waals surface area contributed by atoms with Gasteiger partial charge in [-0.3, -0.25) is 0 Å². The second-order valence-electron chi connectivity index (χ2n) is 4.67. The summed E-state index contributed by atoms with van der Waals surface area (Å²) in [6, 6.07) is 4.36. The first-order chi connectivity index (χ1) is 9.85. The Kier molecular flexibility index (Phi) is 4.65. The summed E-state index contributed by atoms with van der Waals surface area (Å²) in [6.07, 6.45) is 0.840. The predicted molar refractivity (Wildman–Crippen MR) is 83.3 cm³/mol. The van der Waals surface area contributed by atoms with E-state index >= 15 is 0 Å². The van der Waals surface area contributed by atoms with Crippen molar-refractivity contribution >= 4 is 27.0 Å². The van der Waals surface area contributed by atoms with Crippen LogP contribution < -0.4 is 10.5 Å². The molecule has 3 N–H and O–H groups in total. The van der Waals surface area contributed by atoms with Crippen LogP contribution in [0, 0.1) is 12.7 Å². The van der Waals surface area contributed by atoms with Crippen molar-refractivity contribution in [3.05, 3.63) is 45.4 Å². The maximum atomic E-state index is 13.6. The van der Waals surface area contributed by atoms with Gasteiger partial charge >= 0.3 is 0 Å². The van der Waals surface area contributed by atoms with Crippen LogP contribution in [0.5, 0.6) is 0 Å². The Labute approximate surface area is 127 Å². The minimum Gasteiger partial charge on any atom is -0.399 e. The fourth-order valence-corrected chi connectivity index (χ4v) is 4.32. The smallest absolute Gasteiger partial charge is 0.241 e. The van der Waals surface area contributed by atoms with E-state index in [2.05, 4.69) is 4.72 Å². The number of benzene rings is 1. The van der Waals surface area contributed by atoms with Crippen LogP contribution in [-0.2, 0) is 23.0 Å². The van der Waals surface area contributed by atoms with Crippen LogP contribution >= 0.6 is 11.3 Å². The second kappa shape index (κ2) is 6.13. The van der Waals surface area contributed by atoms with E-state index in [1.807, 2.05) is 18.4 Å². The SMILES string of the molecule is CCc1ccsc1CNS(=O)(=O)c1cc(N)cc(F)c1C. The first-order valence-corrected chi connectivity index (χ1v) is 8.82. The molecule has 0 amide bonds. The molecule has 4 nitrogen and oxygen atoms in total. The van der Waals surface area contributed by atoms with E-state index in [-0.39, 0.29) is 22.7 Å². The van der Waals surface area contributed by atoms with Gasteiger partial charge in [0.25, 0.3) is 0 Å². The zero-order valence-electron chi connectivity index (χ0n) is 11.8. The summed E-state index contributed by atoms with van der Waals surface area (Å²) in [5.74, 6) is -0.624. The summed E-state index contributed by atoms with van der Waals surface area (Å²) in [4.78, 5) is 0.845. The molecule has 1 heterocycles. The number of hydrogen-bond donors (Lipinski definition) is 2. The number of nitrogens with two attached hydrogens (primary N) is 1. The van der Waals surface area contributed by atoms with Crippen molar-refractivity contribution < 1.29 is 12.8 Å². The van der Waals surface area contributed by atoms with Gasteiger partial charge in [0, 0.05) is 22.7 Å². The number of aryl methyl sites for hydroxylation is 1. The van der Waals surface area contributed by atoms with Crippen LogP contribution in [0.4, 0.5) is 10.1 Å². The van der Waals surface area contributed by atoms with Crippen molar-refractivity contribution in [3.8, 4) is 0 Å². The molecule has 1 aromatic heterocycles. The number of nitrogen functional groups attached to an aromatic ring is 1. The number of sulfonamides is 1. The molecular weight excluding hydrogens is 311 g/mol. The van der Waals surface area contributed by atoms with Crippen LogP contribution in [0.25, 0.3) is 0 Å². The number of rotatable bonds is 5. The summed E-state index contributed by atoms with van der Waals surface area (Å²) in [5, 5.41) is 1.92. The predicted octanol–water partition coefficient (Wildman–Crippen LogP) is 2.82. The van der Waals surface area contributed by atoms with Crippen molar-refractivity contribution in [3.63, 3.8) is 0 Å². The lowest BCUT2D eigenvalue weighted by Gasteiger charge is -2.11. The molecule has 0 saturated carbocycles. The van der Waals surface area contributed by atoms with E-state index < -0.39 is 15.8 Å². The van der Waals surface area contributed by atoms with Gasteiger partial charge in [-0.25, -0.2) is 17.5 Å². The number of halogens is 1. The molecule has 1 aromatic carbocycles. The molecule has 0 spiro atoms. The fourth-order valence-electron chi connectivity index (χ4n) is 2.03. The molecule has 21 heavy (non-hydrogen) atoms. The largest absolute Gasteiger partial charge is 0.399 e. The molecule has 0 aliphatic heterocycles. The molecule has 7 heteroatoms. The van der Waals surface area contributed by atoms with Gasteiger partial charge in [-0.2, -0.15) is 0 Å². The van der Waals surface area contributed by atoms with Gasteiger partial charge in [0.15, 0.2) is 0 Å². The van der Waals surface area contributed by atoms with E-state index in [0.29, 0.717) is 0 Å². The van der Waals surface area contributed by atoms with E-state index in [1.165, 1.54) is 24.3 Å². The summed E-state index contributed by atoms with van der Waals surface area (Å²) < 4.78 is 40.8. The summed E-state index contributed by atoms with van der Waals surface area (Å²) in [5.41, 5.74) is 6.80. The molecule has 2 aromatic rings. The third kappa shape index (κ3) is 3.42. The quantitative estimate of drug-likeness (QED) is 0.829. The van der Waals surface area contributed by atoms with Crippen molar-refractivity contribution in [1.29, 1.82) is 0 Å². The second-order valence-corrected chi connectivity index (χ2v) is 7.41. The van der Waals surface area contributed by atoms with E-state index in [0.717, 1.165) is 22.9 Å². The standard InChI is InChI=1S/C14H17FN2O2S2/c1-3-10-4-5-20-13(10)8-17-21(18,19)14-7-11(16)6-12(15)9(14)2/h4-7,17H,3,8,16H2,1-2H3. The van der Waals surface area contributed by atoms with Gasteiger partial charge < -0.3 is 5.73 Å². The molecule has 0 radical (unpaired) electrons. The monoisotopic (exact) mass is 328 g/mol. The summed E-state index contributed by atoms with van der Waals surface area (Å²) in [7, 11) is -3.80. The topological polar surface area (TPSA) is 72.2 Å². The molecule has 0 aliphatic carbocycles. The Balaban J connectivity index is 2.27. The van der Waals surface area contributed by atoms with Crippen molar-refractivity contribution in [2.75, 3.05) is 5.73 Å². The third-order valence-electron chi connectivity index (χ3n) is 3.25. The number of nitrogens with one attached hydrogen (secondary N) is 1. The minimum absolute atomic E-state index is 0.0681. The average Bonchev–Trinajstić information content (AvgIpc) is 2.88. The molecular formula is C14H17FN2O2S2. The summed E-state index contributed by atoms with van der Waals surface area (Å²) in [6.45, 7) is 3.63. The van der Waals surface area contributed by atoms with Crippen LogP contribution in [0.3, 0.4) is 0 Å². The minimum atomic E-state index is -3.80. The molecule has 0 saturated heterocycles. The Bertz CT molecular complexity index is 754. The number of anilines is 1. The lowest BCUT2D eigenvalue weighted by Crippen LogP contribution is -2.24. The Hall–Kier alpha value is -1.44. The lowest BCUT2D eigenvalue weighted by atomic mass is 10.2. The van der Waals surface area contributed by atoms with Crippen molar-refractivity contribution in [2.45, 2.75) is 31.7 Å². The maximum Gasteiger partial charge on any atom is 0.241 e. The van der Waals surface area contributed by atoms with Gasteiger partial charge in [-0.1, -0.05) is 6.92 Å². The van der Waals surface area contributed by atoms with Crippen molar-refractivity contribution in [1.82, 2.24) is 4.72 Å². The highest BCUT2D eigenvalue weighted by Gasteiger charge is 2.20. The molecule has 2 rings (SSSR count). The molecule has 0 bridgehead atoms. The average molecular weight is 328 g/mol. The van der Waals surface area contributed by atoms with Crippen LogP contribution in [0.2, 0.25) is 0 Å². The lowest BCUT2D eigenvalue weighted by molar-refractivity contribution is 0.575. The highest BCUT2D eigenvalue weighted by atomic mass is 32.2. The molecule has 0 unspecified atom stereocenters. The van der Waals surface area contributed by atoms with E-state index in [9.17, 15) is 12.8 Å². The Morgan fingerprint density at radius 1 is 1.38 bits per heavy atom. The Morgan fingerprint density at radius 3 is 2.76 bits per heavy atom. The highest BCUT2D eigenvalue weighted by Crippen LogP contribution is 2.23. The zero-order valence-corrected chi connectivity index (χ0v) is 13.4. The van der Waals surface area contributed by atoms with Crippen LogP contribution in [0.15, 0.2) is 28.5 Å². The molecule has 114 valence electrons. The number of thiophene rings is 1. The number of hydrogen-bond acceptors (Lipinski definition) is 4. The molecule has 0 atom stereocenters. The van der Waals surface area contributed by atoms with E-state index in [1.54, 1.807) is 0 Å². The first-order valence-electron chi connectivity index (χ1n) is 6.45. The molecule has 0 fully saturated rings. The van der Waals surface area contributed by atoms with Gasteiger partial charge in [0.1, 0.15) is 5.82 Å². The fraction of sp³-hybridized carbons (Fsp3) is 0.286. The third-order valence-corrected chi connectivity index (χ3v) is 5.74. The van der Waals surface area contributed by atoms with E-state index in [4.69, 9.17) is 5.73 Å². The van der Waals surface area contributed by atoms with Crippen LogP contribution in [-0.4, -0.2) is 8.42 Å². The summed E-state index contributed by atoms with van der Waals surface area (Å²) >= 11 is 1.49. The van der Waals surface area contributed by atoms with Gasteiger partial charge in [0.2, 0.25) is 10.0 Å². The first kappa shape index (κ1) is 15.9. The Morgan fingerprint density at radius 2 is 2.10 bits per heavy atom. The highest BCUT2D eigenvalue weighted by molar-refractivity contribution is 7.89. The normalized spacial score (nSPS) is 11.8. The maximum absolute atomic E-state index is 13.6.